The van der Waals surface area contributed by atoms with Crippen LogP contribution < -0.4 is 11.1 Å². The number of ether oxygens (including phenoxy) is 2. The predicted octanol–water partition coefficient (Wildman–Crippen LogP) is 0.283. The lowest BCUT2D eigenvalue weighted by atomic mass is 9.94. The van der Waals surface area contributed by atoms with Gasteiger partial charge in [-0.1, -0.05) is 13.8 Å². The van der Waals surface area contributed by atoms with Crippen LogP contribution in [-0.4, -0.2) is 44.4 Å². The monoisotopic (exact) mass is 244 g/mol. The number of rotatable bonds is 6. The highest BCUT2D eigenvalue weighted by Crippen LogP contribution is 2.23. The minimum absolute atomic E-state index is 0.0713. The molecule has 1 aliphatic rings. The van der Waals surface area contributed by atoms with Crippen molar-refractivity contribution in [2.75, 3.05) is 32.9 Å². The smallest absolute Gasteiger partial charge is 0.246 e. The second-order valence-electron chi connectivity index (χ2n) is 4.99. The van der Waals surface area contributed by atoms with Crippen molar-refractivity contribution >= 4 is 5.91 Å². The van der Waals surface area contributed by atoms with Gasteiger partial charge >= 0.3 is 0 Å². The largest absolute Gasteiger partial charge is 0.381 e. The van der Waals surface area contributed by atoms with E-state index < -0.39 is 0 Å². The van der Waals surface area contributed by atoms with E-state index in [9.17, 15) is 4.79 Å². The summed E-state index contributed by atoms with van der Waals surface area (Å²) >= 11 is 0. The molecule has 0 aromatic rings. The first-order valence-electron chi connectivity index (χ1n) is 6.26. The molecule has 0 radical (unpaired) electrons. The zero-order valence-corrected chi connectivity index (χ0v) is 10.8. The number of carbonyl (C=O) groups excluding carboxylic acids is 1. The minimum Gasteiger partial charge on any atom is -0.381 e. The molecule has 1 heterocycles. The molecule has 0 saturated carbocycles. The molecule has 5 heteroatoms. The highest BCUT2D eigenvalue weighted by Gasteiger charge is 2.32. The average molecular weight is 244 g/mol. The van der Waals surface area contributed by atoms with Crippen LogP contribution in [0.5, 0.6) is 0 Å². The predicted molar refractivity (Wildman–Crippen MR) is 65.6 cm³/mol. The van der Waals surface area contributed by atoms with Gasteiger partial charge < -0.3 is 20.5 Å². The van der Waals surface area contributed by atoms with E-state index in [2.05, 4.69) is 19.2 Å². The summed E-state index contributed by atoms with van der Waals surface area (Å²) in [6.45, 7) is 6.64. The van der Waals surface area contributed by atoms with Crippen LogP contribution in [-0.2, 0) is 14.3 Å². The quantitative estimate of drug-likeness (QED) is 0.704. The van der Waals surface area contributed by atoms with E-state index in [0.717, 1.165) is 12.8 Å². The molecule has 0 aromatic carbocycles. The average Bonchev–Trinajstić information content (AvgIpc) is 2.35. The molecule has 0 spiro atoms. The van der Waals surface area contributed by atoms with Crippen molar-refractivity contribution in [2.45, 2.75) is 32.3 Å². The normalized spacial score (nSPS) is 19.3. The Hall–Kier alpha value is -0.650. The Balaban J connectivity index is 2.29. The maximum Gasteiger partial charge on any atom is 0.246 e. The van der Waals surface area contributed by atoms with Gasteiger partial charge in [0.15, 0.2) is 0 Å². The van der Waals surface area contributed by atoms with Crippen LogP contribution >= 0.6 is 0 Å². The summed E-state index contributed by atoms with van der Waals surface area (Å²) in [6, 6.07) is 0. The molecule has 1 fully saturated rings. The fraction of sp³-hybridized carbons (Fsp3) is 0.917. The minimum atomic E-state index is -0.368. The number of amides is 1. The molecular weight excluding hydrogens is 220 g/mol. The highest BCUT2D eigenvalue weighted by molar-refractivity contribution is 5.77. The summed E-state index contributed by atoms with van der Waals surface area (Å²) < 4.78 is 11.0. The third-order valence-corrected chi connectivity index (χ3v) is 2.99. The van der Waals surface area contributed by atoms with E-state index in [1.165, 1.54) is 0 Å². The molecular formula is C12H24N2O3. The van der Waals surface area contributed by atoms with Gasteiger partial charge in [0.1, 0.15) is 6.61 Å². The summed E-state index contributed by atoms with van der Waals surface area (Å²) in [4.78, 5) is 11.5. The Morgan fingerprint density at radius 3 is 2.65 bits per heavy atom. The van der Waals surface area contributed by atoms with E-state index >= 15 is 0 Å². The lowest BCUT2D eigenvalue weighted by molar-refractivity contribution is -0.141. The van der Waals surface area contributed by atoms with Crippen LogP contribution in [0.25, 0.3) is 0 Å². The lowest BCUT2D eigenvalue weighted by Crippen LogP contribution is -2.47. The van der Waals surface area contributed by atoms with Crippen molar-refractivity contribution in [3.63, 3.8) is 0 Å². The number of nitrogens with one attached hydrogen (secondary N) is 1. The molecule has 0 unspecified atom stereocenters. The molecule has 5 nitrogen and oxygen atoms in total. The molecule has 0 aliphatic carbocycles. The zero-order chi connectivity index (χ0) is 12.7. The maximum absolute atomic E-state index is 11.5. The van der Waals surface area contributed by atoms with Crippen molar-refractivity contribution in [1.82, 2.24) is 5.32 Å². The maximum atomic E-state index is 11.5. The molecule has 0 bridgehead atoms. The molecule has 1 saturated heterocycles. The van der Waals surface area contributed by atoms with Gasteiger partial charge in [0.2, 0.25) is 5.91 Å². The van der Waals surface area contributed by atoms with Crippen LogP contribution in [0.15, 0.2) is 0 Å². The van der Waals surface area contributed by atoms with Crippen LogP contribution in [0.3, 0.4) is 0 Å². The Labute approximate surface area is 103 Å². The SMILES string of the molecule is CC(C)CNC(=O)COC1(CN)CCOCC1. The standard InChI is InChI=1S/C12H24N2O3/c1-10(2)7-14-11(15)8-17-12(9-13)3-5-16-6-4-12/h10H,3-9,13H2,1-2H3,(H,14,15). The molecule has 1 rings (SSSR count). The molecule has 1 amide bonds. The van der Waals surface area contributed by atoms with E-state index in [4.69, 9.17) is 15.2 Å². The van der Waals surface area contributed by atoms with Gasteiger partial charge in [-0.3, -0.25) is 4.79 Å². The number of nitrogens with two attached hydrogens (primary N) is 1. The first kappa shape index (κ1) is 14.4. The van der Waals surface area contributed by atoms with Crippen molar-refractivity contribution in [3.8, 4) is 0 Å². The van der Waals surface area contributed by atoms with Crippen LogP contribution in [0, 0.1) is 5.92 Å². The van der Waals surface area contributed by atoms with E-state index in [0.29, 0.717) is 32.2 Å². The van der Waals surface area contributed by atoms with Gasteiger partial charge in [-0.2, -0.15) is 0 Å². The molecule has 17 heavy (non-hydrogen) atoms. The molecule has 1 aliphatic heterocycles. The zero-order valence-electron chi connectivity index (χ0n) is 10.8. The summed E-state index contributed by atoms with van der Waals surface area (Å²) in [5.41, 5.74) is 5.37. The topological polar surface area (TPSA) is 73.6 Å². The van der Waals surface area contributed by atoms with Crippen molar-refractivity contribution in [2.24, 2.45) is 11.7 Å². The molecule has 0 aromatic heterocycles. The molecule has 0 atom stereocenters. The second kappa shape index (κ2) is 6.93. The van der Waals surface area contributed by atoms with Gasteiger partial charge in [0.05, 0.1) is 5.60 Å². The van der Waals surface area contributed by atoms with Gasteiger partial charge in [0, 0.05) is 39.1 Å². The number of carbonyl (C=O) groups is 1. The van der Waals surface area contributed by atoms with E-state index in [1.54, 1.807) is 0 Å². The Morgan fingerprint density at radius 2 is 2.12 bits per heavy atom. The van der Waals surface area contributed by atoms with Crippen molar-refractivity contribution in [3.05, 3.63) is 0 Å². The molecule has 100 valence electrons. The highest BCUT2D eigenvalue weighted by atomic mass is 16.5. The third kappa shape index (κ3) is 5.02. The van der Waals surface area contributed by atoms with E-state index in [-0.39, 0.29) is 18.1 Å². The summed E-state index contributed by atoms with van der Waals surface area (Å²) in [5, 5.41) is 2.83. The molecule has 3 N–H and O–H groups in total. The van der Waals surface area contributed by atoms with Crippen molar-refractivity contribution in [1.29, 1.82) is 0 Å². The lowest BCUT2D eigenvalue weighted by Gasteiger charge is -2.35. The van der Waals surface area contributed by atoms with Crippen molar-refractivity contribution < 1.29 is 14.3 Å². The Kier molecular flexibility index (Phi) is 5.88. The first-order valence-corrected chi connectivity index (χ1v) is 6.26. The summed E-state index contributed by atoms with van der Waals surface area (Å²) in [6.07, 6.45) is 1.53. The second-order valence-corrected chi connectivity index (χ2v) is 4.99. The third-order valence-electron chi connectivity index (χ3n) is 2.99. The van der Waals surface area contributed by atoms with Gasteiger partial charge in [-0.25, -0.2) is 0 Å². The Morgan fingerprint density at radius 1 is 1.47 bits per heavy atom. The van der Waals surface area contributed by atoms with Gasteiger partial charge in [-0.15, -0.1) is 0 Å². The van der Waals surface area contributed by atoms with Crippen LogP contribution in [0.1, 0.15) is 26.7 Å². The van der Waals surface area contributed by atoms with E-state index in [1.807, 2.05) is 0 Å². The fourth-order valence-electron chi connectivity index (χ4n) is 1.74. The first-order chi connectivity index (χ1) is 8.08. The summed E-state index contributed by atoms with van der Waals surface area (Å²) in [7, 11) is 0. The summed E-state index contributed by atoms with van der Waals surface area (Å²) in [5.74, 6) is 0.378. The van der Waals surface area contributed by atoms with Gasteiger partial charge in [0.25, 0.3) is 0 Å². The Bertz CT molecular complexity index is 238. The number of hydrogen-bond acceptors (Lipinski definition) is 4. The van der Waals surface area contributed by atoms with Crippen LogP contribution in [0.4, 0.5) is 0 Å². The van der Waals surface area contributed by atoms with Gasteiger partial charge in [-0.05, 0) is 5.92 Å². The number of hydrogen-bond donors (Lipinski definition) is 2. The fourth-order valence-corrected chi connectivity index (χ4v) is 1.74. The van der Waals surface area contributed by atoms with Crippen LogP contribution in [0.2, 0.25) is 0 Å².